The molecular weight excluding hydrogens is 228 g/mol. The number of furan rings is 1. The molecule has 0 spiro atoms. The summed E-state index contributed by atoms with van der Waals surface area (Å²) < 4.78 is 5.93. The summed E-state index contributed by atoms with van der Waals surface area (Å²) in [5, 5.41) is 14.8. The van der Waals surface area contributed by atoms with E-state index in [0.29, 0.717) is 0 Å². The molecule has 0 saturated heterocycles. The van der Waals surface area contributed by atoms with E-state index in [9.17, 15) is 0 Å². The number of H-pyrrole nitrogens is 1. The first-order valence-corrected chi connectivity index (χ1v) is 5.81. The molecule has 3 aromatic rings. The maximum atomic E-state index is 5.93. The third-order valence-corrected chi connectivity index (χ3v) is 3.06. The van der Waals surface area contributed by atoms with Gasteiger partial charge in [0.25, 0.3) is 0 Å². The number of rotatable bonds is 3. The molecular formula is C13H14N4O. The first kappa shape index (κ1) is 11.0. The predicted octanol–water partition coefficient (Wildman–Crippen LogP) is 2.17. The monoisotopic (exact) mass is 242 g/mol. The number of fused-ring (bicyclic) bond motifs is 1. The molecule has 5 heteroatoms. The van der Waals surface area contributed by atoms with Crippen molar-refractivity contribution in [3.8, 4) is 0 Å². The SMILES string of the molecule is CNC(c1cn[nH]n1)c1cc2cccc(C)c2o1. The Morgan fingerprint density at radius 3 is 2.94 bits per heavy atom. The number of aromatic nitrogens is 3. The molecule has 0 aliphatic carbocycles. The highest BCUT2D eigenvalue weighted by molar-refractivity contribution is 5.81. The Morgan fingerprint density at radius 2 is 2.28 bits per heavy atom. The van der Waals surface area contributed by atoms with Gasteiger partial charge in [0.05, 0.1) is 6.20 Å². The molecule has 0 bridgehead atoms. The second-order valence-electron chi connectivity index (χ2n) is 4.26. The van der Waals surface area contributed by atoms with Crippen molar-refractivity contribution in [1.29, 1.82) is 0 Å². The number of nitrogens with zero attached hydrogens (tertiary/aromatic N) is 2. The molecule has 2 aromatic heterocycles. The minimum Gasteiger partial charge on any atom is -0.459 e. The number of para-hydroxylation sites is 1. The Hall–Kier alpha value is -2.14. The van der Waals surface area contributed by atoms with Crippen LogP contribution < -0.4 is 5.32 Å². The van der Waals surface area contributed by atoms with E-state index in [2.05, 4.69) is 20.7 Å². The fourth-order valence-corrected chi connectivity index (χ4v) is 2.16. The lowest BCUT2D eigenvalue weighted by atomic mass is 10.1. The quantitative estimate of drug-likeness (QED) is 0.738. The van der Waals surface area contributed by atoms with Gasteiger partial charge in [0, 0.05) is 5.39 Å². The van der Waals surface area contributed by atoms with Crippen LogP contribution >= 0.6 is 0 Å². The molecule has 5 nitrogen and oxygen atoms in total. The zero-order valence-corrected chi connectivity index (χ0v) is 10.3. The number of aryl methyl sites for hydroxylation is 1. The molecule has 18 heavy (non-hydrogen) atoms. The van der Waals surface area contributed by atoms with E-state index in [1.54, 1.807) is 6.20 Å². The van der Waals surface area contributed by atoms with Crippen LogP contribution in [0.3, 0.4) is 0 Å². The summed E-state index contributed by atoms with van der Waals surface area (Å²) in [6.45, 7) is 2.04. The molecule has 1 unspecified atom stereocenters. The lowest BCUT2D eigenvalue weighted by Crippen LogP contribution is -2.17. The summed E-state index contributed by atoms with van der Waals surface area (Å²) in [6.07, 6.45) is 1.70. The zero-order valence-electron chi connectivity index (χ0n) is 10.3. The van der Waals surface area contributed by atoms with Crippen LogP contribution in [-0.2, 0) is 0 Å². The van der Waals surface area contributed by atoms with Gasteiger partial charge in [-0.15, -0.1) is 0 Å². The highest BCUT2D eigenvalue weighted by atomic mass is 16.3. The van der Waals surface area contributed by atoms with Crippen LogP contribution in [0.1, 0.15) is 23.1 Å². The van der Waals surface area contributed by atoms with Gasteiger partial charge in [-0.3, -0.25) is 0 Å². The first-order chi connectivity index (χ1) is 8.79. The predicted molar refractivity (Wildman–Crippen MR) is 68.2 cm³/mol. The van der Waals surface area contributed by atoms with Crippen molar-refractivity contribution in [1.82, 2.24) is 20.7 Å². The van der Waals surface area contributed by atoms with Crippen LogP contribution in [0.25, 0.3) is 11.0 Å². The Balaban J connectivity index is 2.11. The summed E-state index contributed by atoms with van der Waals surface area (Å²) in [4.78, 5) is 0. The Bertz CT molecular complexity index is 657. The Kier molecular flexibility index (Phi) is 2.60. The molecule has 0 radical (unpaired) electrons. The van der Waals surface area contributed by atoms with Crippen LogP contribution in [0.5, 0.6) is 0 Å². The molecule has 92 valence electrons. The van der Waals surface area contributed by atoms with E-state index in [4.69, 9.17) is 4.42 Å². The molecule has 0 aliphatic rings. The van der Waals surface area contributed by atoms with Crippen LogP contribution in [0.15, 0.2) is 34.9 Å². The summed E-state index contributed by atoms with van der Waals surface area (Å²) in [5.41, 5.74) is 2.87. The molecule has 3 rings (SSSR count). The summed E-state index contributed by atoms with van der Waals surface area (Å²) >= 11 is 0. The van der Waals surface area contributed by atoms with E-state index in [-0.39, 0.29) is 6.04 Å². The lowest BCUT2D eigenvalue weighted by Gasteiger charge is -2.09. The average molecular weight is 242 g/mol. The Labute approximate surface area is 104 Å². The van der Waals surface area contributed by atoms with Gasteiger partial charge < -0.3 is 9.73 Å². The number of hydrogen-bond donors (Lipinski definition) is 2. The normalized spacial score (nSPS) is 13.0. The van der Waals surface area contributed by atoms with Gasteiger partial charge in [0.1, 0.15) is 23.1 Å². The standard InChI is InChI=1S/C13H14N4O/c1-8-4-3-5-9-6-11(18-13(8)9)12(14-2)10-7-15-17-16-10/h3-7,12,14H,1-2H3,(H,15,16,17). The number of benzene rings is 1. The van der Waals surface area contributed by atoms with Crippen LogP contribution in [-0.4, -0.2) is 22.5 Å². The van der Waals surface area contributed by atoms with Crippen LogP contribution in [0, 0.1) is 6.92 Å². The van der Waals surface area contributed by atoms with Gasteiger partial charge in [-0.05, 0) is 25.6 Å². The molecule has 0 aliphatic heterocycles. The Morgan fingerprint density at radius 1 is 1.39 bits per heavy atom. The second-order valence-corrected chi connectivity index (χ2v) is 4.26. The minimum absolute atomic E-state index is 0.0875. The third kappa shape index (κ3) is 1.69. The van der Waals surface area contributed by atoms with Crippen molar-refractivity contribution >= 4 is 11.0 Å². The van der Waals surface area contributed by atoms with E-state index in [0.717, 1.165) is 28.0 Å². The first-order valence-electron chi connectivity index (χ1n) is 5.81. The fourth-order valence-electron chi connectivity index (χ4n) is 2.16. The number of nitrogens with one attached hydrogen (secondary N) is 2. The topological polar surface area (TPSA) is 66.7 Å². The van der Waals surface area contributed by atoms with Crippen molar-refractivity contribution in [2.75, 3.05) is 7.05 Å². The van der Waals surface area contributed by atoms with Crippen molar-refractivity contribution < 1.29 is 4.42 Å². The van der Waals surface area contributed by atoms with E-state index >= 15 is 0 Å². The number of hydrogen-bond acceptors (Lipinski definition) is 4. The van der Waals surface area contributed by atoms with E-state index < -0.39 is 0 Å². The smallest absolute Gasteiger partial charge is 0.137 e. The van der Waals surface area contributed by atoms with Crippen molar-refractivity contribution in [2.45, 2.75) is 13.0 Å². The molecule has 0 amide bonds. The molecule has 1 aromatic carbocycles. The van der Waals surface area contributed by atoms with Crippen LogP contribution in [0.4, 0.5) is 0 Å². The van der Waals surface area contributed by atoms with Crippen LogP contribution in [0.2, 0.25) is 0 Å². The molecule has 0 fully saturated rings. The molecule has 2 heterocycles. The van der Waals surface area contributed by atoms with Crippen molar-refractivity contribution in [2.24, 2.45) is 0 Å². The maximum Gasteiger partial charge on any atom is 0.137 e. The lowest BCUT2D eigenvalue weighted by molar-refractivity contribution is 0.484. The van der Waals surface area contributed by atoms with Crippen molar-refractivity contribution in [3.63, 3.8) is 0 Å². The molecule has 2 N–H and O–H groups in total. The largest absolute Gasteiger partial charge is 0.459 e. The maximum absolute atomic E-state index is 5.93. The summed E-state index contributed by atoms with van der Waals surface area (Å²) in [6, 6.07) is 8.07. The summed E-state index contributed by atoms with van der Waals surface area (Å²) in [7, 11) is 1.87. The zero-order chi connectivity index (χ0) is 12.5. The molecule has 0 saturated carbocycles. The van der Waals surface area contributed by atoms with Crippen molar-refractivity contribution in [3.05, 3.63) is 47.5 Å². The van der Waals surface area contributed by atoms with Gasteiger partial charge in [-0.2, -0.15) is 15.4 Å². The second kappa shape index (κ2) is 4.27. The van der Waals surface area contributed by atoms with Gasteiger partial charge in [0.15, 0.2) is 0 Å². The van der Waals surface area contributed by atoms with Gasteiger partial charge in [-0.1, -0.05) is 18.2 Å². The highest BCUT2D eigenvalue weighted by Crippen LogP contribution is 2.28. The average Bonchev–Trinajstić information content (AvgIpc) is 3.00. The minimum atomic E-state index is -0.0875. The molecule has 1 atom stereocenters. The fraction of sp³-hybridized carbons (Fsp3) is 0.231. The third-order valence-electron chi connectivity index (χ3n) is 3.06. The van der Waals surface area contributed by atoms with Gasteiger partial charge >= 0.3 is 0 Å². The van der Waals surface area contributed by atoms with E-state index in [1.165, 1.54) is 0 Å². The number of aromatic amines is 1. The van der Waals surface area contributed by atoms with Gasteiger partial charge in [-0.25, -0.2) is 0 Å². The summed E-state index contributed by atoms with van der Waals surface area (Å²) in [5.74, 6) is 0.843. The van der Waals surface area contributed by atoms with E-state index in [1.807, 2.05) is 38.2 Å². The van der Waals surface area contributed by atoms with Gasteiger partial charge in [0.2, 0.25) is 0 Å². The highest BCUT2D eigenvalue weighted by Gasteiger charge is 2.19.